The van der Waals surface area contributed by atoms with E-state index in [4.69, 9.17) is 0 Å². The number of benzene rings is 1. The van der Waals surface area contributed by atoms with Gasteiger partial charge in [-0.05, 0) is 18.1 Å². The van der Waals surface area contributed by atoms with Crippen LogP contribution in [0, 0.1) is 11.7 Å². The lowest BCUT2D eigenvalue weighted by Gasteiger charge is -2.03. The van der Waals surface area contributed by atoms with E-state index in [2.05, 4.69) is 29.4 Å². The van der Waals surface area contributed by atoms with Crippen molar-refractivity contribution in [3.05, 3.63) is 34.6 Å². The molecule has 106 valence electrons. The molecule has 0 aliphatic heterocycles. The average Bonchev–Trinajstić information content (AvgIpc) is 2.75. The van der Waals surface area contributed by atoms with Gasteiger partial charge in [0.05, 0.1) is 5.56 Å². The molecule has 0 bridgehead atoms. The Labute approximate surface area is 119 Å². The number of phenols is 1. The van der Waals surface area contributed by atoms with E-state index >= 15 is 0 Å². The molecule has 1 heterocycles. The van der Waals surface area contributed by atoms with Crippen LogP contribution in [0.2, 0.25) is 0 Å². The minimum absolute atomic E-state index is 0.00740. The van der Waals surface area contributed by atoms with Crippen molar-refractivity contribution in [2.75, 3.05) is 5.32 Å². The molecule has 5 nitrogen and oxygen atoms in total. The number of nitrogens with one attached hydrogen (secondary N) is 1. The van der Waals surface area contributed by atoms with Gasteiger partial charge in [0.1, 0.15) is 16.6 Å². The molecule has 0 unspecified atom stereocenters. The maximum atomic E-state index is 12.9. The molecule has 0 saturated heterocycles. The van der Waals surface area contributed by atoms with E-state index in [1.165, 1.54) is 17.4 Å². The highest BCUT2D eigenvalue weighted by molar-refractivity contribution is 7.15. The first-order chi connectivity index (χ1) is 9.45. The van der Waals surface area contributed by atoms with Gasteiger partial charge in [-0.1, -0.05) is 25.2 Å². The molecular weight excluding hydrogens is 281 g/mol. The smallest absolute Gasteiger partial charge is 0.261 e. The van der Waals surface area contributed by atoms with Crippen molar-refractivity contribution in [3.8, 4) is 5.75 Å². The molecule has 7 heteroatoms. The number of anilines is 1. The second-order valence-corrected chi connectivity index (χ2v) is 5.78. The first-order valence-corrected chi connectivity index (χ1v) is 6.89. The van der Waals surface area contributed by atoms with Crippen LogP contribution in [0.25, 0.3) is 0 Å². The Bertz CT molecular complexity index is 628. The molecule has 1 aromatic carbocycles. The molecule has 0 saturated carbocycles. The van der Waals surface area contributed by atoms with Gasteiger partial charge in [0.2, 0.25) is 5.13 Å². The fraction of sp³-hybridized carbons (Fsp3) is 0.308. The first-order valence-electron chi connectivity index (χ1n) is 6.08. The molecule has 2 N–H and O–H groups in total. The molecule has 2 aromatic rings. The van der Waals surface area contributed by atoms with Crippen LogP contribution < -0.4 is 5.32 Å². The van der Waals surface area contributed by atoms with Crippen molar-refractivity contribution in [1.29, 1.82) is 0 Å². The molecule has 1 aromatic heterocycles. The van der Waals surface area contributed by atoms with Crippen LogP contribution in [0.1, 0.15) is 29.2 Å². The summed E-state index contributed by atoms with van der Waals surface area (Å²) in [6.45, 7) is 4.13. The highest BCUT2D eigenvalue weighted by Crippen LogP contribution is 2.22. The lowest BCUT2D eigenvalue weighted by molar-refractivity contribution is 0.102. The summed E-state index contributed by atoms with van der Waals surface area (Å²) in [6.07, 6.45) is 0.787. The molecule has 2 rings (SSSR count). The molecule has 0 atom stereocenters. The molecule has 0 radical (unpaired) electrons. The number of hydrogen-bond acceptors (Lipinski definition) is 5. The molecule has 0 aliphatic carbocycles. The summed E-state index contributed by atoms with van der Waals surface area (Å²) in [4.78, 5) is 11.9. The fourth-order valence-electron chi connectivity index (χ4n) is 1.60. The normalized spacial score (nSPS) is 10.8. The zero-order chi connectivity index (χ0) is 14.7. The van der Waals surface area contributed by atoms with E-state index in [0.29, 0.717) is 11.0 Å². The van der Waals surface area contributed by atoms with E-state index in [-0.39, 0.29) is 5.56 Å². The summed E-state index contributed by atoms with van der Waals surface area (Å²) in [7, 11) is 0. The van der Waals surface area contributed by atoms with E-state index in [1.807, 2.05) is 0 Å². The summed E-state index contributed by atoms with van der Waals surface area (Å²) in [5.41, 5.74) is -0.00740. The summed E-state index contributed by atoms with van der Waals surface area (Å²) in [6, 6.07) is 3.22. The van der Waals surface area contributed by atoms with E-state index < -0.39 is 17.5 Å². The van der Waals surface area contributed by atoms with Gasteiger partial charge in [-0.15, -0.1) is 10.2 Å². The predicted octanol–water partition coefficient (Wildman–Crippen LogP) is 2.83. The fourth-order valence-corrected chi connectivity index (χ4v) is 2.54. The van der Waals surface area contributed by atoms with Gasteiger partial charge >= 0.3 is 0 Å². The number of hydrogen-bond donors (Lipinski definition) is 2. The number of halogens is 1. The van der Waals surface area contributed by atoms with Crippen LogP contribution in [0.15, 0.2) is 18.2 Å². The average molecular weight is 295 g/mol. The highest BCUT2D eigenvalue weighted by atomic mass is 32.1. The number of carbonyl (C=O) groups excluding carboxylic acids is 1. The van der Waals surface area contributed by atoms with Crippen LogP contribution in [-0.4, -0.2) is 21.2 Å². The summed E-state index contributed by atoms with van der Waals surface area (Å²) < 4.78 is 12.9. The molecule has 0 fully saturated rings. The Balaban J connectivity index is 2.09. The maximum Gasteiger partial charge on any atom is 0.261 e. The monoisotopic (exact) mass is 295 g/mol. The van der Waals surface area contributed by atoms with E-state index in [9.17, 15) is 14.3 Å². The van der Waals surface area contributed by atoms with Gasteiger partial charge in [-0.25, -0.2) is 4.39 Å². The minimum atomic E-state index is -0.603. The Kier molecular flexibility index (Phi) is 4.29. The standard InChI is InChI=1S/C13H14FN3O2S/c1-7(2)5-11-16-17-13(20-11)15-12(19)9-4-3-8(14)6-10(9)18/h3-4,6-7,18H,5H2,1-2H3,(H,15,17,19). The SMILES string of the molecule is CC(C)Cc1nnc(NC(=O)c2ccc(F)cc2O)s1. The Morgan fingerprint density at radius 2 is 2.20 bits per heavy atom. The number of carbonyl (C=O) groups is 1. The highest BCUT2D eigenvalue weighted by Gasteiger charge is 2.14. The molecule has 1 amide bonds. The number of phenolic OH excluding ortho intramolecular Hbond substituents is 1. The zero-order valence-corrected chi connectivity index (χ0v) is 11.9. The van der Waals surface area contributed by atoms with Gasteiger partial charge in [0.25, 0.3) is 5.91 Å². The van der Waals surface area contributed by atoms with Gasteiger partial charge in [-0.3, -0.25) is 10.1 Å². The summed E-state index contributed by atoms with van der Waals surface area (Å²) >= 11 is 1.28. The third-order valence-electron chi connectivity index (χ3n) is 2.47. The van der Waals surface area contributed by atoms with Crippen molar-refractivity contribution < 1.29 is 14.3 Å². The topological polar surface area (TPSA) is 75.1 Å². The molecule has 0 aliphatic rings. The minimum Gasteiger partial charge on any atom is -0.507 e. The van der Waals surface area contributed by atoms with Crippen molar-refractivity contribution in [2.24, 2.45) is 5.92 Å². The summed E-state index contributed by atoms with van der Waals surface area (Å²) in [5, 5.41) is 21.1. The maximum absolute atomic E-state index is 12.9. The van der Waals surface area contributed by atoms with E-state index in [1.54, 1.807) is 0 Å². The van der Waals surface area contributed by atoms with Gasteiger partial charge < -0.3 is 5.11 Å². The third-order valence-corrected chi connectivity index (χ3v) is 3.34. The van der Waals surface area contributed by atoms with Crippen LogP contribution in [-0.2, 0) is 6.42 Å². The van der Waals surface area contributed by atoms with Gasteiger partial charge in [0.15, 0.2) is 0 Å². The molecular formula is C13H14FN3O2S. The lowest BCUT2D eigenvalue weighted by atomic mass is 10.1. The van der Waals surface area contributed by atoms with E-state index in [0.717, 1.165) is 23.6 Å². The zero-order valence-electron chi connectivity index (χ0n) is 11.1. The predicted molar refractivity (Wildman–Crippen MR) is 74.5 cm³/mol. The second-order valence-electron chi connectivity index (χ2n) is 4.71. The van der Waals surface area contributed by atoms with Crippen LogP contribution in [0.3, 0.4) is 0 Å². The van der Waals surface area contributed by atoms with Gasteiger partial charge in [0, 0.05) is 12.5 Å². The number of aromatic nitrogens is 2. The third kappa shape index (κ3) is 3.51. The molecule has 20 heavy (non-hydrogen) atoms. The van der Waals surface area contributed by atoms with Crippen LogP contribution in [0.5, 0.6) is 5.75 Å². The summed E-state index contributed by atoms with van der Waals surface area (Å²) in [5.74, 6) is -1.11. The first kappa shape index (κ1) is 14.4. The van der Waals surface area contributed by atoms with Crippen molar-refractivity contribution in [2.45, 2.75) is 20.3 Å². The Morgan fingerprint density at radius 3 is 2.85 bits per heavy atom. The van der Waals surface area contributed by atoms with Crippen LogP contribution >= 0.6 is 11.3 Å². The lowest BCUT2D eigenvalue weighted by Crippen LogP contribution is -2.12. The van der Waals surface area contributed by atoms with Crippen molar-refractivity contribution in [3.63, 3.8) is 0 Å². The Hall–Kier alpha value is -2.02. The van der Waals surface area contributed by atoms with Crippen molar-refractivity contribution >= 4 is 22.4 Å². The van der Waals surface area contributed by atoms with Crippen LogP contribution in [0.4, 0.5) is 9.52 Å². The quantitative estimate of drug-likeness (QED) is 0.909. The largest absolute Gasteiger partial charge is 0.507 e. The number of nitrogens with zero attached hydrogens (tertiary/aromatic N) is 2. The second kappa shape index (κ2) is 5.96. The number of amides is 1. The Morgan fingerprint density at radius 1 is 1.45 bits per heavy atom. The number of rotatable bonds is 4. The van der Waals surface area contributed by atoms with Gasteiger partial charge in [-0.2, -0.15) is 0 Å². The number of aromatic hydroxyl groups is 1. The molecule has 0 spiro atoms. The van der Waals surface area contributed by atoms with Crippen molar-refractivity contribution in [1.82, 2.24) is 10.2 Å².